The summed E-state index contributed by atoms with van der Waals surface area (Å²) in [5.74, 6) is 0. The fraction of sp³-hybridized carbons (Fsp3) is 0.200. The Kier molecular flexibility index (Phi) is 9.70. The molecule has 0 saturated heterocycles. The van der Waals surface area contributed by atoms with Gasteiger partial charge in [0.1, 0.15) is 0 Å². The van der Waals surface area contributed by atoms with E-state index in [-0.39, 0.29) is 56.7 Å². The first kappa shape index (κ1) is 17.5. The van der Waals surface area contributed by atoms with E-state index >= 15 is 0 Å². The van der Waals surface area contributed by atoms with Crippen molar-refractivity contribution in [3.05, 3.63) is 43.0 Å². The van der Waals surface area contributed by atoms with Crippen LogP contribution >= 0.6 is 0 Å². The van der Waals surface area contributed by atoms with Crippen LogP contribution in [0.1, 0.15) is 7.43 Å². The molecule has 0 heterocycles. The van der Waals surface area contributed by atoms with Gasteiger partial charge in [-0.05, 0) is 12.1 Å². The van der Waals surface area contributed by atoms with Crippen LogP contribution in [0.4, 0.5) is 0 Å². The van der Waals surface area contributed by atoms with Gasteiger partial charge in [0, 0.05) is 0 Å². The molecule has 0 radical (unpaired) electrons. The molecule has 0 unspecified atom stereocenters. The summed E-state index contributed by atoms with van der Waals surface area (Å²) in [6.07, 6.45) is 1.39. The molecule has 0 amide bonds. The van der Waals surface area contributed by atoms with E-state index in [1.54, 1.807) is 18.2 Å². The summed E-state index contributed by atoms with van der Waals surface area (Å²) in [5.41, 5.74) is 0. The summed E-state index contributed by atoms with van der Waals surface area (Å²) in [6.45, 7) is 3.37. The fourth-order valence-electron chi connectivity index (χ4n) is 0.793. The molecule has 5 heteroatoms. The van der Waals surface area contributed by atoms with Gasteiger partial charge in [0.25, 0.3) is 10.1 Å². The van der Waals surface area contributed by atoms with Gasteiger partial charge >= 0.3 is 37.7 Å². The first-order chi connectivity index (χ1) is 6.17. The summed E-state index contributed by atoms with van der Waals surface area (Å²) >= 11 is 0. The second-order valence-electron chi connectivity index (χ2n) is 2.34. The van der Waals surface area contributed by atoms with E-state index in [9.17, 15) is 8.42 Å². The van der Waals surface area contributed by atoms with Crippen LogP contribution in [-0.2, 0) is 14.3 Å². The van der Waals surface area contributed by atoms with Gasteiger partial charge in [-0.15, -0.1) is 6.58 Å². The molecule has 0 fully saturated rings. The first-order valence-electron chi connectivity index (χ1n) is 3.72. The second kappa shape index (κ2) is 8.30. The molecular formula is C10H16CaO3S. The third-order valence-electron chi connectivity index (χ3n) is 1.37. The molecular weight excluding hydrogens is 240 g/mol. The van der Waals surface area contributed by atoms with Gasteiger partial charge in [-0.1, -0.05) is 31.7 Å². The average Bonchev–Trinajstić information content (AvgIpc) is 2.16. The van der Waals surface area contributed by atoms with E-state index in [0.29, 0.717) is 0 Å². The van der Waals surface area contributed by atoms with Crippen molar-refractivity contribution in [1.82, 2.24) is 0 Å². The van der Waals surface area contributed by atoms with Crippen molar-refractivity contribution in [3.8, 4) is 0 Å². The van der Waals surface area contributed by atoms with E-state index in [1.807, 2.05) is 0 Å². The average molecular weight is 256 g/mol. The zero-order valence-electron chi connectivity index (χ0n) is 7.01. The number of hydrogen-bond acceptors (Lipinski definition) is 3. The Balaban J connectivity index is 0. The van der Waals surface area contributed by atoms with Crippen LogP contribution in [0.3, 0.4) is 0 Å². The second-order valence-corrected chi connectivity index (χ2v) is 3.96. The van der Waals surface area contributed by atoms with Crippen molar-refractivity contribution < 1.29 is 12.6 Å². The third kappa shape index (κ3) is 5.68. The van der Waals surface area contributed by atoms with Gasteiger partial charge in [0.05, 0.1) is 11.5 Å². The Morgan fingerprint density at radius 2 is 1.80 bits per heavy atom. The molecule has 0 aliphatic carbocycles. The monoisotopic (exact) mass is 256 g/mol. The third-order valence-corrected chi connectivity index (χ3v) is 2.67. The van der Waals surface area contributed by atoms with Crippen LogP contribution < -0.4 is 0 Å². The van der Waals surface area contributed by atoms with Crippen molar-refractivity contribution in [2.24, 2.45) is 0 Å². The van der Waals surface area contributed by atoms with E-state index in [1.165, 1.54) is 18.2 Å². The molecule has 0 aliphatic rings. The van der Waals surface area contributed by atoms with Crippen LogP contribution in [0.15, 0.2) is 47.9 Å². The molecule has 82 valence electrons. The molecule has 1 rings (SSSR count). The Morgan fingerprint density at radius 3 is 2.27 bits per heavy atom. The predicted octanol–water partition coefficient (Wildman–Crippen LogP) is 1.30. The molecule has 3 nitrogen and oxygen atoms in total. The van der Waals surface area contributed by atoms with E-state index in [0.717, 1.165) is 0 Å². The number of hydrogen-bond donors (Lipinski definition) is 0. The van der Waals surface area contributed by atoms with E-state index < -0.39 is 10.1 Å². The number of rotatable bonds is 4. The maximum absolute atomic E-state index is 11.3. The van der Waals surface area contributed by atoms with Gasteiger partial charge in [-0.2, -0.15) is 8.42 Å². The van der Waals surface area contributed by atoms with Crippen LogP contribution in [0.5, 0.6) is 0 Å². The maximum atomic E-state index is 11.3. The van der Waals surface area contributed by atoms with Gasteiger partial charge in [-0.3, -0.25) is 4.18 Å². The molecule has 0 saturated carbocycles. The van der Waals surface area contributed by atoms with Gasteiger partial charge in [0.2, 0.25) is 0 Å². The summed E-state index contributed by atoms with van der Waals surface area (Å²) in [6, 6.07) is 8.00. The van der Waals surface area contributed by atoms with Crippen molar-refractivity contribution in [1.29, 1.82) is 0 Å². The fourth-order valence-corrected chi connectivity index (χ4v) is 1.69. The molecule has 15 heavy (non-hydrogen) atoms. The standard InChI is InChI=1S/C9H10O3S.CH4.Ca.2H/c1-2-8-12-13(10,11)9-6-4-3-5-7-9;;;;/h2-7H,1,8H2;1H4;;;. The topological polar surface area (TPSA) is 43.4 Å². The Morgan fingerprint density at radius 1 is 1.27 bits per heavy atom. The van der Waals surface area contributed by atoms with E-state index in [4.69, 9.17) is 0 Å². The molecule has 0 bridgehead atoms. The van der Waals surface area contributed by atoms with Gasteiger partial charge in [-0.25, -0.2) is 0 Å². The zero-order valence-corrected chi connectivity index (χ0v) is 7.83. The number of benzene rings is 1. The van der Waals surface area contributed by atoms with Crippen molar-refractivity contribution >= 4 is 47.9 Å². The Bertz CT molecular complexity index is 373. The summed E-state index contributed by atoms with van der Waals surface area (Å²) in [5, 5.41) is 0. The van der Waals surface area contributed by atoms with Crippen molar-refractivity contribution in [2.45, 2.75) is 12.3 Å². The van der Waals surface area contributed by atoms with Gasteiger partial charge < -0.3 is 0 Å². The molecule has 0 aliphatic heterocycles. The minimum atomic E-state index is -3.59. The Hall–Kier alpha value is 0.130. The van der Waals surface area contributed by atoms with Crippen LogP contribution in [0.2, 0.25) is 0 Å². The Labute approximate surface area is 121 Å². The minimum absolute atomic E-state index is 0. The normalized spacial score (nSPS) is 9.60. The van der Waals surface area contributed by atoms with Crippen molar-refractivity contribution in [3.63, 3.8) is 0 Å². The predicted molar refractivity (Wildman–Crippen MR) is 65.1 cm³/mol. The molecule has 1 aromatic rings. The van der Waals surface area contributed by atoms with Gasteiger partial charge in [0.15, 0.2) is 0 Å². The van der Waals surface area contributed by atoms with Crippen LogP contribution in [0, 0.1) is 0 Å². The van der Waals surface area contributed by atoms with Crippen molar-refractivity contribution in [2.75, 3.05) is 6.61 Å². The SMILES string of the molecule is C.C=CCOS(=O)(=O)c1ccccc1.[CaH2]. The molecule has 1 aromatic carbocycles. The van der Waals surface area contributed by atoms with Crippen LogP contribution in [-0.4, -0.2) is 52.8 Å². The first-order valence-corrected chi connectivity index (χ1v) is 5.13. The van der Waals surface area contributed by atoms with Crippen LogP contribution in [0.25, 0.3) is 0 Å². The van der Waals surface area contributed by atoms with E-state index in [2.05, 4.69) is 10.8 Å². The summed E-state index contributed by atoms with van der Waals surface area (Å²) in [7, 11) is -3.59. The molecule has 0 spiro atoms. The molecule has 0 atom stereocenters. The molecule has 0 aromatic heterocycles. The summed E-state index contributed by atoms with van der Waals surface area (Å²) in [4.78, 5) is 0.164. The molecule has 0 N–H and O–H groups in total. The summed E-state index contributed by atoms with van der Waals surface area (Å²) < 4.78 is 27.3. The quantitative estimate of drug-likeness (QED) is 0.463. The zero-order chi connectivity index (χ0) is 9.73.